The summed E-state index contributed by atoms with van der Waals surface area (Å²) in [6.45, 7) is 4.45. The van der Waals surface area contributed by atoms with Gasteiger partial charge >= 0.3 is 0 Å². The molecule has 6 nitrogen and oxygen atoms in total. The Labute approximate surface area is 150 Å². The van der Waals surface area contributed by atoms with Crippen molar-refractivity contribution in [2.75, 3.05) is 38.0 Å². The van der Waals surface area contributed by atoms with Crippen LogP contribution in [-0.2, 0) is 4.74 Å². The molecule has 1 aliphatic heterocycles. The lowest BCUT2D eigenvalue weighted by atomic mass is 10.3. The van der Waals surface area contributed by atoms with Gasteiger partial charge < -0.3 is 15.0 Å². The summed E-state index contributed by atoms with van der Waals surface area (Å²) >= 11 is 2.96. The van der Waals surface area contributed by atoms with E-state index in [4.69, 9.17) is 9.72 Å². The summed E-state index contributed by atoms with van der Waals surface area (Å²) in [5.74, 6) is 0.878. The molecule has 0 saturated carbocycles. The first-order valence-corrected chi connectivity index (χ1v) is 10.1. The number of methoxy groups -OCH3 is 1. The lowest BCUT2D eigenvalue weighted by Crippen LogP contribution is -2.35. The summed E-state index contributed by atoms with van der Waals surface area (Å²) < 4.78 is 5.07. The van der Waals surface area contributed by atoms with Crippen LogP contribution in [0, 0.1) is 0 Å². The molecule has 0 bridgehead atoms. The molecule has 2 aromatic rings. The zero-order chi connectivity index (χ0) is 17.1. The number of aromatic nitrogens is 2. The minimum Gasteiger partial charge on any atom is -0.383 e. The summed E-state index contributed by atoms with van der Waals surface area (Å²) in [4.78, 5) is 25.6. The second-order valence-electron chi connectivity index (χ2n) is 5.89. The third-order valence-corrected chi connectivity index (χ3v) is 5.53. The molecule has 0 spiro atoms. The minimum atomic E-state index is -0.0828. The zero-order valence-electron chi connectivity index (χ0n) is 14.2. The molecule has 1 amide bonds. The monoisotopic (exact) mass is 366 g/mol. The van der Waals surface area contributed by atoms with Crippen molar-refractivity contribution in [1.29, 1.82) is 0 Å². The Bertz CT molecular complexity index is 728. The Morgan fingerprint density at radius 3 is 2.88 bits per heavy atom. The lowest BCUT2D eigenvalue weighted by Gasteiger charge is -2.17. The number of thioether (sulfide) groups is 1. The molecular weight excluding hydrogens is 344 g/mol. The normalized spacial score (nSPS) is 15.9. The molecule has 0 aliphatic carbocycles. The first-order chi connectivity index (χ1) is 11.6. The summed E-state index contributed by atoms with van der Waals surface area (Å²) in [5.41, 5.74) is 0. The smallest absolute Gasteiger partial charge is 0.261 e. The Morgan fingerprint density at radius 1 is 1.46 bits per heavy atom. The standard InChI is InChI=1S/C16H22N4O2S2/c1-10(9-22-2)17-14(21)12-8-11-13(20-6-4-5-7-20)18-16(23-3)19-15(11)24-12/h8,10H,4-7,9H2,1-3H3,(H,17,21)/t10-/m1/s1. The summed E-state index contributed by atoms with van der Waals surface area (Å²) in [6.07, 6.45) is 4.35. The molecule has 1 atom stereocenters. The molecule has 1 N–H and O–H groups in total. The Hall–Kier alpha value is -1.38. The van der Waals surface area contributed by atoms with E-state index >= 15 is 0 Å². The molecular formula is C16H22N4O2S2. The maximum absolute atomic E-state index is 12.5. The van der Waals surface area contributed by atoms with Crippen LogP contribution in [0.15, 0.2) is 11.2 Å². The van der Waals surface area contributed by atoms with Crippen molar-refractivity contribution in [2.45, 2.75) is 31.0 Å². The second-order valence-corrected chi connectivity index (χ2v) is 7.69. The van der Waals surface area contributed by atoms with Crippen LogP contribution in [0.5, 0.6) is 0 Å². The number of anilines is 1. The van der Waals surface area contributed by atoms with Crippen molar-refractivity contribution in [3.8, 4) is 0 Å². The lowest BCUT2D eigenvalue weighted by molar-refractivity contribution is 0.0909. The van der Waals surface area contributed by atoms with Crippen LogP contribution in [0.25, 0.3) is 10.2 Å². The minimum absolute atomic E-state index is 0.0291. The van der Waals surface area contributed by atoms with Gasteiger partial charge in [0, 0.05) is 26.2 Å². The molecule has 3 rings (SSSR count). The van der Waals surface area contributed by atoms with E-state index in [1.54, 1.807) is 7.11 Å². The van der Waals surface area contributed by atoms with Gasteiger partial charge in [-0.05, 0) is 32.1 Å². The van der Waals surface area contributed by atoms with Crippen LogP contribution < -0.4 is 10.2 Å². The van der Waals surface area contributed by atoms with Gasteiger partial charge in [0.2, 0.25) is 0 Å². The number of nitrogens with one attached hydrogen (secondary N) is 1. The number of rotatable bonds is 6. The first-order valence-electron chi connectivity index (χ1n) is 8.02. The van der Waals surface area contributed by atoms with Gasteiger partial charge in [0.1, 0.15) is 10.6 Å². The highest BCUT2D eigenvalue weighted by molar-refractivity contribution is 7.98. The van der Waals surface area contributed by atoms with Gasteiger partial charge in [-0.1, -0.05) is 11.8 Å². The van der Waals surface area contributed by atoms with Crippen molar-refractivity contribution in [3.05, 3.63) is 10.9 Å². The van der Waals surface area contributed by atoms with Crippen LogP contribution in [0.3, 0.4) is 0 Å². The molecule has 3 heterocycles. The first kappa shape index (κ1) is 17.4. The van der Waals surface area contributed by atoms with E-state index < -0.39 is 0 Å². The van der Waals surface area contributed by atoms with Gasteiger partial charge in [0.05, 0.1) is 16.9 Å². The summed E-state index contributed by atoms with van der Waals surface area (Å²) in [7, 11) is 1.63. The van der Waals surface area contributed by atoms with E-state index in [9.17, 15) is 4.79 Å². The van der Waals surface area contributed by atoms with Crippen molar-refractivity contribution >= 4 is 45.0 Å². The predicted octanol–water partition coefficient (Wildman–Crippen LogP) is 2.78. The van der Waals surface area contributed by atoms with Crippen LogP contribution in [0.4, 0.5) is 5.82 Å². The van der Waals surface area contributed by atoms with Gasteiger partial charge in [-0.3, -0.25) is 4.79 Å². The Morgan fingerprint density at radius 2 is 2.21 bits per heavy atom. The van der Waals surface area contributed by atoms with Gasteiger partial charge in [-0.15, -0.1) is 11.3 Å². The third kappa shape index (κ3) is 3.65. The molecule has 1 saturated heterocycles. The second kappa shape index (κ2) is 7.67. The molecule has 0 radical (unpaired) electrons. The predicted molar refractivity (Wildman–Crippen MR) is 99.4 cm³/mol. The number of fused-ring (bicyclic) bond motifs is 1. The summed E-state index contributed by atoms with van der Waals surface area (Å²) in [5, 5.41) is 4.69. The number of hydrogen-bond acceptors (Lipinski definition) is 7. The number of hydrogen-bond donors (Lipinski definition) is 1. The van der Waals surface area contributed by atoms with Crippen LogP contribution >= 0.6 is 23.1 Å². The number of carbonyl (C=O) groups is 1. The van der Waals surface area contributed by atoms with E-state index in [1.165, 1.54) is 35.9 Å². The van der Waals surface area contributed by atoms with Crippen LogP contribution in [0.2, 0.25) is 0 Å². The molecule has 2 aromatic heterocycles. The summed E-state index contributed by atoms with van der Waals surface area (Å²) in [6, 6.07) is 1.89. The Balaban J connectivity index is 1.94. The highest BCUT2D eigenvalue weighted by Crippen LogP contribution is 2.34. The average molecular weight is 367 g/mol. The molecule has 0 unspecified atom stereocenters. The van der Waals surface area contributed by atoms with Crippen molar-refractivity contribution in [2.24, 2.45) is 0 Å². The van der Waals surface area contributed by atoms with E-state index in [1.807, 2.05) is 19.2 Å². The highest BCUT2D eigenvalue weighted by atomic mass is 32.2. The number of nitrogens with zero attached hydrogens (tertiary/aromatic N) is 3. The fourth-order valence-corrected chi connectivity index (χ4v) is 4.19. The Kier molecular flexibility index (Phi) is 5.57. The number of amides is 1. The number of thiophene rings is 1. The van der Waals surface area contributed by atoms with Crippen molar-refractivity contribution < 1.29 is 9.53 Å². The van der Waals surface area contributed by atoms with E-state index in [0.717, 1.165) is 34.3 Å². The van der Waals surface area contributed by atoms with E-state index in [-0.39, 0.29) is 11.9 Å². The number of carbonyl (C=O) groups excluding carboxylic acids is 1. The van der Waals surface area contributed by atoms with Crippen molar-refractivity contribution in [3.63, 3.8) is 0 Å². The molecule has 0 aromatic carbocycles. The van der Waals surface area contributed by atoms with Gasteiger partial charge in [-0.2, -0.15) is 0 Å². The molecule has 1 aliphatic rings. The van der Waals surface area contributed by atoms with Crippen LogP contribution in [0.1, 0.15) is 29.4 Å². The zero-order valence-corrected chi connectivity index (χ0v) is 15.8. The van der Waals surface area contributed by atoms with Gasteiger partial charge in [-0.25, -0.2) is 9.97 Å². The molecule has 24 heavy (non-hydrogen) atoms. The van der Waals surface area contributed by atoms with Gasteiger partial charge in [0.15, 0.2) is 5.16 Å². The topological polar surface area (TPSA) is 67.3 Å². The fourth-order valence-electron chi connectivity index (χ4n) is 2.85. The SMILES string of the molecule is COC[C@@H](C)NC(=O)c1cc2c(N3CCCC3)nc(SC)nc2s1. The van der Waals surface area contributed by atoms with E-state index in [2.05, 4.69) is 15.2 Å². The third-order valence-electron chi connectivity index (χ3n) is 3.96. The number of ether oxygens (including phenoxy) is 1. The fraction of sp³-hybridized carbons (Fsp3) is 0.562. The van der Waals surface area contributed by atoms with Crippen molar-refractivity contribution in [1.82, 2.24) is 15.3 Å². The molecule has 130 valence electrons. The average Bonchev–Trinajstić information content (AvgIpc) is 3.23. The van der Waals surface area contributed by atoms with E-state index in [0.29, 0.717) is 11.5 Å². The largest absolute Gasteiger partial charge is 0.383 e. The maximum atomic E-state index is 12.5. The highest BCUT2D eigenvalue weighted by Gasteiger charge is 2.21. The van der Waals surface area contributed by atoms with Crippen LogP contribution in [-0.4, -0.2) is 55.0 Å². The molecule has 8 heteroatoms. The molecule has 1 fully saturated rings. The maximum Gasteiger partial charge on any atom is 0.261 e. The van der Waals surface area contributed by atoms with Gasteiger partial charge in [0.25, 0.3) is 5.91 Å². The quantitative estimate of drug-likeness (QED) is 0.626.